The number of halogens is 2. The Morgan fingerprint density at radius 1 is 1.60 bits per heavy atom. The van der Waals surface area contributed by atoms with Crippen LogP contribution in [0.25, 0.3) is 0 Å². The minimum atomic E-state index is 0. The zero-order valence-electron chi connectivity index (χ0n) is 3.96. The van der Waals surface area contributed by atoms with E-state index in [0.29, 0.717) is 0 Å². The van der Waals surface area contributed by atoms with Crippen LogP contribution in [0.15, 0.2) is 11.1 Å². The molecule has 0 aliphatic rings. The van der Waals surface area contributed by atoms with E-state index in [0.717, 1.165) is 0 Å². The first kappa shape index (κ1) is 9.32. The third-order valence-corrected chi connectivity index (χ3v) is 0. The van der Waals surface area contributed by atoms with Gasteiger partial charge in [0.15, 0.2) is 0 Å². The summed E-state index contributed by atoms with van der Waals surface area (Å²) in [5.74, 6) is 0. The molecule has 0 nitrogen and oxygen atoms in total. The summed E-state index contributed by atoms with van der Waals surface area (Å²) in [7, 11) is 0. The van der Waals surface area contributed by atoms with Crippen molar-refractivity contribution in [2.24, 2.45) is 0 Å². The van der Waals surface area contributed by atoms with Gasteiger partial charge < -0.3 is 1.43 Å². The second-order valence-electron chi connectivity index (χ2n) is 0.339. The van der Waals surface area contributed by atoms with Gasteiger partial charge in [0, 0.05) is 0 Å². The van der Waals surface area contributed by atoms with Crippen LogP contribution < -0.4 is 18.9 Å². The predicted octanol–water partition coefficient (Wildman–Crippen LogP) is -0.948. The van der Waals surface area contributed by atoms with E-state index in [1.165, 1.54) is 0 Å². The Hall–Kier alpha value is 0.917. The average molecular weight is 105 g/mol. The summed E-state index contributed by atoms with van der Waals surface area (Å²) in [6.45, 7) is 3.09. The summed E-state index contributed by atoms with van der Waals surface area (Å²) in [6.07, 6.45) is 0. The van der Waals surface area contributed by atoms with Gasteiger partial charge in [-0.3, -0.25) is 0 Å². The number of hydrogen-bond acceptors (Lipinski definition) is 0. The standard InChI is InChI=1S/C2H2Cl2.Li.H/c1-2(3)4;;/h1H2;;/q;+1;-1. The fourth-order valence-electron chi connectivity index (χ4n) is 0. The van der Waals surface area contributed by atoms with Crippen LogP contribution in [-0.4, -0.2) is 0 Å². The maximum atomic E-state index is 4.85. The van der Waals surface area contributed by atoms with E-state index < -0.39 is 0 Å². The van der Waals surface area contributed by atoms with Crippen molar-refractivity contribution in [3.05, 3.63) is 11.1 Å². The van der Waals surface area contributed by atoms with Crippen LogP contribution in [0.5, 0.6) is 0 Å². The Bertz CT molecular complexity index is 34.5. The van der Waals surface area contributed by atoms with Crippen LogP contribution in [0.3, 0.4) is 0 Å². The number of rotatable bonds is 0. The van der Waals surface area contributed by atoms with Crippen molar-refractivity contribution in [3.63, 3.8) is 0 Å². The van der Waals surface area contributed by atoms with Gasteiger partial charge in [0.2, 0.25) is 0 Å². The van der Waals surface area contributed by atoms with Crippen molar-refractivity contribution < 1.29 is 20.3 Å². The van der Waals surface area contributed by atoms with Crippen LogP contribution in [0.2, 0.25) is 0 Å². The number of hydrogen-bond donors (Lipinski definition) is 0. The minimum Gasteiger partial charge on any atom is -1.00 e. The van der Waals surface area contributed by atoms with E-state index in [9.17, 15) is 0 Å². The third kappa shape index (κ3) is 49.7. The fraction of sp³-hybridized carbons (Fsp3) is 0. The molecular formula is C2H3Cl2Li. The Morgan fingerprint density at radius 2 is 1.60 bits per heavy atom. The predicted molar refractivity (Wildman–Crippen MR) is 22.0 cm³/mol. The molecule has 0 saturated carbocycles. The SMILES string of the molecule is C=C(Cl)Cl.[H-].[Li+]. The first-order valence-corrected chi connectivity index (χ1v) is 1.49. The third-order valence-electron chi connectivity index (χ3n) is 0. The van der Waals surface area contributed by atoms with Crippen molar-refractivity contribution in [3.8, 4) is 0 Å². The van der Waals surface area contributed by atoms with Gasteiger partial charge in [0.05, 0.1) is 4.49 Å². The summed E-state index contributed by atoms with van der Waals surface area (Å²) in [4.78, 5) is 0. The minimum absolute atomic E-state index is 0. The summed E-state index contributed by atoms with van der Waals surface area (Å²) in [6, 6.07) is 0. The zero-order chi connectivity index (χ0) is 3.58. The molecule has 0 spiro atoms. The average Bonchev–Trinajstić information content (AvgIpc) is 0.811. The molecule has 0 atom stereocenters. The van der Waals surface area contributed by atoms with Gasteiger partial charge >= 0.3 is 18.9 Å². The summed E-state index contributed by atoms with van der Waals surface area (Å²) < 4.78 is 0.111. The second kappa shape index (κ2) is 4.92. The monoisotopic (exact) mass is 104 g/mol. The molecule has 5 heavy (non-hydrogen) atoms. The molecule has 0 rings (SSSR count). The molecule has 0 N–H and O–H groups in total. The molecule has 0 aromatic heterocycles. The van der Waals surface area contributed by atoms with Gasteiger partial charge in [-0.1, -0.05) is 29.8 Å². The smallest absolute Gasteiger partial charge is 1.00 e. The van der Waals surface area contributed by atoms with Gasteiger partial charge in [-0.15, -0.1) is 0 Å². The second-order valence-corrected chi connectivity index (χ2v) is 1.44. The van der Waals surface area contributed by atoms with Crippen LogP contribution >= 0.6 is 23.2 Å². The normalized spacial score (nSPS) is 5.20. The molecule has 0 radical (unpaired) electrons. The molecule has 0 bridgehead atoms. The molecule has 0 heterocycles. The summed E-state index contributed by atoms with van der Waals surface area (Å²) >= 11 is 9.69. The van der Waals surface area contributed by atoms with E-state index in [1.807, 2.05) is 0 Å². The van der Waals surface area contributed by atoms with E-state index in [-0.39, 0.29) is 24.8 Å². The molecule has 0 aliphatic carbocycles. The molecule has 0 aromatic carbocycles. The van der Waals surface area contributed by atoms with Crippen molar-refractivity contribution in [2.45, 2.75) is 0 Å². The van der Waals surface area contributed by atoms with Gasteiger partial charge in [0.1, 0.15) is 0 Å². The summed E-state index contributed by atoms with van der Waals surface area (Å²) in [5.41, 5.74) is 0. The Balaban J connectivity index is -0.0000000450. The molecule has 0 saturated heterocycles. The topological polar surface area (TPSA) is 0 Å². The van der Waals surface area contributed by atoms with E-state index in [2.05, 4.69) is 6.58 Å². The van der Waals surface area contributed by atoms with Gasteiger partial charge in [-0.25, -0.2) is 0 Å². The molecule has 26 valence electrons. The molecule has 0 aliphatic heterocycles. The molecule has 0 amide bonds. The maximum Gasteiger partial charge on any atom is 1.00 e. The Labute approximate surface area is 54.8 Å². The Kier molecular flexibility index (Phi) is 9.17. The van der Waals surface area contributed by atoms with Crippen LogP contribution in [0.1, 0.15) is 1.43 Å². The van der Waals surface area contributed by atoms with Crippen LogP contribution in [0.4, 0.5) is 0 Å². The van der Waals surface area contributed by atoms with Crippen LogP contribution in [0, 0.1) is 0 Å². The van der Waals surface area contributed by atoms with Crippen molar-refractivity contribution in [1.82, 2.24) is 0 Å². The first-order valence-electron chi connectivity index (χ1n) is 0.732. The molecule has 0 aromatic rings. The van der Waals surface area contributed by atoms with Gasteiger partial charge in [-0.2, -0.15) is 0 Å². The zero-order valence-corrected chi connectivity index (χ0v) is 4.47. The van der Waals surface area contributed by atoms with Crippen LogP contribution in [-0.2, 0) is 0 Å². The largest absolute Gasteiger partial charge is 1.00 e. The molecule has 0 fully saturated rings. The van der Waals surface area contributed by atoms with Crippen molar-refractivity contribution in [1.29, 1.82) is 0 Å². The first-order chi connectivity index (χ1) is 1.73. The summed E-state index contributed by atoms with van der Waals surface area (Å²) in [5, 5.41) is 0. The van der Waals surface area contributed by atoms with E-state index >= 15 is 0 Å². The van der Waals surface area contributed by atoms with E-state index in [1.54, 1.807) is 0 Å². The van der Waals surface area contributed by atoms with E-state index in [4.69, 9.17) is 23.2 Å². The molecular weight excluding hydrogens is 102 g/mol. The van der Waals surface area contributed by atoms with Gasteiger partial charge in [-0.05, 0) is 0 Å². The van der Waals surface area contributed by atoms with Crippen molar-refractivity contribution >= 4 is 23.2 Å². The Morgan fingerprint density at radius 3 is 1.60 bits per heavy atom. The van der Waals surface area contributed by atoms with Gasteiger partial charge in [0.25, 0.3) is 0 Å². The van der Waals surface area contributed by atoms with Crippen molar-refractivity contribution in [2.75, 3.05) is 0 Å². The molecule has 3 heteroatoms. The molecule has 0 unspecified atom stereocenters. The fourth-order valence-corrected chi connectivity index (χ4v) is 0. The quantitative estimate of drug-likeness (QED) is 0.348. The maximum absolute atomic E-state index is 4.85.